The van der Waals surface area contributed by atoms with E-state index in [9.17, 15) is 30.6 Å². The topological polar surface area (TPSA) is 158 Å². The Morgan fingerprint density at radius 2 is 1.00 bits per heavy atom. The minimum Gasteiger partial charge on any atom is -0.504 e. The maximum atomic E-state index is 9.95. The summed E-state index contributed by atoms with van der Waals surface area (Å²) in [7, 11) is 3.27. The molecule has 0 saturated heterocycles. The van der Waals surface area contributed by atoms with E-state index in [-0.39, 0.29) is 25.0 Å². The van der Waals surface area contributed by atoms with Crippen LogP contribution in [0.3, 0.4) is 0 Å². The molecule has 0 radical (unpaired) electrons. The van der Waals surface area contributed by atoms with Crippen LogP contribution in [0.4, 0.5) is 0 Å². The highest BCUT2D eigenvalue weighted by Crippen LogP contribution is 2.37. The van der Waals surface area contributed by atoms with Crippen molar-refractivity contribution in [3.8, 4) is 46.0 Å². The van der Waals surface area contributed by atoms with Gasteiger partial charge in [0.25, 0.3) is 0 Å². The number of ether oxygens (including phenoxy) is 4. The number of methoxy groups -OCH3 is 2. The molecular weight excluding hydrogens is 592 g/mol. The van der Waals surface area contributed by atoms with E-state index in [1.165, 1.54) is 24.3 Å². The van der Waals surface area contributed by atoms with E-state index in [1.54, 1.807) is 14.2 Å². The van der Waals surface area contributed by atoms with E-state index < -0.39 is 34.5 Å². The van der Waals surface area contributed by atoms with Crippen molar-refractivity contribution in [1.29, 1.82) is 0 Å². The molecule has 246 valence electrons. The molecule has 0 saturated carbocycles. The largest absolute Gasteiger partial charge is 0.504 e. The first kappa shape index (κ1) is 34.1. The van der Waals surface area contributed by atoms with E-state index in [2.05, 4.69) is 12.1 Å². The van der Waals surface area contributed by atoms with Gasteiger partial charge in [0.1, 0.15) is 11.5 Å². The molecule has 0 unspecified atom stereocenters. The maximum absolute atomic E-state index is 9.95. The van der Waals surface area contributed by atoms with Crippen molar-refractivity contribution in [2.45, 2.75) is 38.9 Å². The van der Waals surface area contributed by atoms with Gasteiger partial charge in [-0.15, -0.1) is 0 Å². The number of rotatable bonds is 17. The number of hydrogen-bond donors (Lipinski definition) is 6. The van der Waals surface area contributed by atoms with E-state index in [0.29, 0.717) is 30.8 Å². The lowest BCUT2D eigenvalue weighted by Crippen LogP contribution is -2.25. The Kier molecular flexibility index (Phi) is 12.2. The lowest BCUT2D eigenvalue weighted by molar-refractivity contribution is 0.0578. The highest BCUT2D eigenvalue weighted by Gasteiger charge is 2.24. The van der Waals surface area contributed by atoms with Crippen molar-refractivity contribution in [3.05, 3.63) is 95.1 Å². The normalized spacial score (nSPS) is 12.5. The predicted octanol–water partition coefficient (Wildman–Crippen LogP) is 6.17. The first-order valence-corrected chi connectivity index (χ1v) is 15.1. The molecule has 4 aromatic carbocycles. The summed E-state index contributed by atoms with van der Waals surface area (Å²) >= 11 is 0. The third kappa shape index (κ3) is 9.60. The lowest BCUT2D eigenvalue weighted by atomic mass is 9.80. The number of aromatic hydroxyl groups is 6. The van der Waals surface area contributed by atoms with Crippen LogP contribution in [0.5, 0.6) is 46.0 Å². The molecule has 6 N–H and O–H groups in total. The van der Waals surface area contributed by atoms with E-state index >= 15 is 0 Å². The van der Waals surface area contributed by atoms with Gasteiger partial charge in [0.2, 0.25) is 0 Å². The zero-order chi connectivity index (χ0) is 33.1. The van der Waals surface area contributed by atoms with Crippen molar-refractivity contribution in [3.63, 3.8) is 0 Å². The summed E-state index contributed by atoms with van der Waals surface area (Å²) in [5, 5.41) is 58.8. The molecular formula is C36H42O10. The van der Waals surface area contributed by atoms with E-state index in [4.69, 9.17) is 18.9 Å². The first-order chi connectivity index (χ1) is 22.2. The molecule has 10 heteroatoms. The summed E-state index contributed by atoms with van der Waals surface area (Å²) in [6.45, 7) is 1.08. The summed E-state index contributed by atoms with van der Waals surface area (Å²) < 4.78 is 23.0. The number of hydrogen-bond acceptors (Lipinski definition) is 10. The van der Waals surface area contributed by atoms with Crippen molar-refractivity contribution in [2.24, 2.45) is 11.8 Å². The number of phenolic OH excluding ortho intramolecular Hbond substituents is 6. The van der Waals surface area contributed by atoms with Crippen LogP contribution >= 0.6 is 0 Å². The van der Waals surface area contributed by atoms with Crippen molar-refractivity contribution < 1.29 is 49.6 Å². The minimum atomic E-state index is -0.570. The molecule has 4 rings (SSSR count). The summed E-state index contributed by atoms with van der Waals surface area (Å²) in [5.41, 5.74) is 3.27. The molecule has 0 aliphatic carbocycles. The fraction of sp³-hybridized carbons (Fsp3) is 0.333. The average molecular weight is 635 g/mol. The molecule has 46 heavy (non-hydrogen) atoms. The third-order valence-corrected chi connectivity index (χ3v) is 7.92. The Morgan fingerprint density at radius 3 is 1.48 bits per heavy atom. The summed E-state index contributed by atoms with van der Waals surface area (Å²) in [6, 6.07) is 21.3. The van der Waals surface area contributed by atoms with Gasteiger partial charge < -0.3 is 49.6 Å². The molecule has 0 aromatic heterocycles. The van der Waals surface area contributed by atoms with E-state index in [1.807, 2.05) is 36.4 Å². The average Bonchev–Trinajstić information content (AvgIpc) is 3.05. The molecule has 4 aromatic rings. The Hall–Kier alpha value is -4.80. The number of phenols is 6. The van der Waals surface area contributed by atoms with Crippen LogP contribution in [0.25, 0.3) is 0 Å². The summed E-state index contributed by atoms with van der Waals surface area (Å²) in [6.07, 6.45) is 2.96. The van der Waals surface area contributed by atoms with Gasteiger partial charge in [0.15, 0.2) is 34.5 Å². The van der Waals surface area contributed by atoms with Gasteiger partial charge in [-0.1, -0.05) is 24.3 Å². The zero-order valence-electron chi connectivity index (χ0n) is 26.1. The second kappa shape index (κ2) is 16.5. The SMILES string of the molecule is COc1cccc(C[C@H](CCCOCc2cc(O)c(O)c(O)c2)[C@@H](COCc2cc(O)c(O)c(O)c2)Cc2cccc(OC)c2)c1. The van der Waals surface area contributed by atoms with Crippen molar-refractivity contribution >= 4 is 0 Å². The van der Waals surface area contributed by atoms with E-state index in [0.717, 1.165) is 41.9 Å². The zero-order valence-corrected chi connectivity index (χ0v) is 26.1. The highest BCUT2D eigenvalue weighted by molar-refractivity contribution is 5.51. The van der Waals surface area contributed by atoms with Gasteiger partial charge in [-0.25, -0.2) is 0 Å². The molecule has 0 heterocycles. The van der Waals surface area contributed by atoms with Crippen molar-refractivity contribution in [2.75, 3.05) is 27.4 Å². The van der Waals surface area contributed by atoms with Crippen LogP contribution in [0, 0.1) is 11.8 Å². The van der Waals surface area contributed by atoms with Crippen LogP contribution < -0.4 is 9.47 Å². The van der Waals surface area contributed by atoms with Crippen LogP contribution in [-0.4, -0.2) is 58.1 Å². The highest BCUT2D eigenvalue weighted by atomic mass is 16.5. The Bertz CT molecular complexity index is 1520. The van der Waals surface area contributed by atoms with Crippen LogP contribution in [-0.2, 0) is 35.5 Å². The predicted molar refractivity (Wildman–Crippen MR) is 172 cm³/mol. The van der Waals surface area contributed by atoms with Crippen LogP contribution in [0.15, 0.2) is 72.8 Å². The molecule has 0 amide bonds. The Labute approximate surface area is 268 Å². The van der Waals surface area contributed by atoms with Crippen LogP contribution in [0.2, 0.25) is 0 Å². The Morgan fingerprint density at radius 1 is 0.543 bits per heavy atom. The lowest BCUT2D eigenvalue weighted by Gasteiger charge is -2.28. The summed E-state index contributed by atoms with van der Waals surface area (Å²) in [5.74, 6) is -1.06. The second-order valence-corrected chi connectivity index (χ2v) is 11.3. The fourth-order valence-corrected chi connectivity index (χ4v) is 5.52. The van der Waals surface area contributed by atoms with Gasteiger partial charge in [-0.3, -0.25) is 0 Å². The van der Waals surface area contributed by atoms with Gasteiger partial charge in [-0.2, -0.15) is 0 Å². The van der Waals surface area contributed by atoms with Crippen molar-refractivity contribution in [1.82, 2.24) is 0 Å². The molecule has 0 aliphatic rings. The third-order valence-electron chi connectivity index (χ3n) is 7.92. The van der Waals surface area contributed by atoms with Gasteiger partial charge in [-0.05, 0) is 108 Å². The molecule has 0 spiro atoms. The first-order valence-electron chi connectivity index (χ1n) is 15.1. The fourth-order valence-electron chi connectivity index (χ4n) is 5.52. The molecule has 0 aliphatic heterocycles. The molecule has 2 atom stereocenters. The smallest absolute Gasteiger partial charge is 0.200 e. The van der Waals surface area contributed by atoms with Gasteiger partial charge in [0.05, 0.1) is 34.0 Å². The summed E-state index contributed by atoms with van der Waals surface area (Å²) in [4.78, 5) is 0. The standard InChI is InChI=1S/C36H42O10/c1-43-29-9-3-6-23(14-29)12-27(8-5-11-45-20-25-16-31(37)35(41)32(38)17-25)28(13-24-7-4-10-30(15-24)44-2)22-46-21-26-18-33(39)36(42)34(40)19-26/h3-4,6-7,9-10,14-19,27-28,37-42H,5,8,11-13,20-22H2,1-2H3/t27-,28+/m0/s1. The van der Waals surface area contributed by atoms with Gasteiger partial charge in [0, 0.05) is 6.61 Å². The van der Waals surface area contributed by atoms with Crippen LogP contribution in [0.1, 0.15) is 35.1 Å². The quantitative estimate of drug-likeness (QED) is 0.0586. The maximum Gasteiger partial charge on any atom is 0.200 e. The molecule has 0 fully saturated rings. The molecule has 10 nitrogen and oxygen atoms in total. The molecule has 0 bridgehead atoms. The monoisotopic (exact) mass is 634 g/mol. The minimum absolute atomic E-state index is 0.0450. The second-order valence-electron chi connectivity index (χ2n) is 11.3. The number of benzene rings is 4. The Balaban J connectivity index is 1.51. The van der Waals surface area contributed by atoms with Gasteiger partial charge >= 0.3 is 0 Å².